The molecule has 0 radical (unpaired) electrons. The first kappa shape index (κ1) is 20.2. The van der Waals surface area contributed by atoms with Crippen LogP contribution in [0.4, 0.5) is 0 Å². The minimum atomic E-state index is -3.54. The van der Waals surface area contributed by atoms with E-state index in [4.69, 9.17) is 4.42 Å². The maximum atomic E-state index is 12.9. The number of benzene rings is 2. The second-order valence-corrected chi connectivity index (χ2v) is 10.1. The molecule has 1 aliphatic heterocycles. The van der Waals surface area contributed by atoms with Gasteiger partial charge in [0.2, 0.25) is 10.0 Å². The molecule has 0 unspecified atom stereocenters. The molecule has 0 saturated carbocycles. The molecule has 0 spiro atoms. The number of nitrogens with zero attached hydrogens (tertiary/aromatic N) is 5. The molecule has 31 heavy (non-hydrogen) atoms. The normalized spacial score (nSPS) is 15.6. The van der Waals surface area contributed by atoms with Crippen LogP contribution in [0, 0.1) is 0 Å². The number of aromatic nitrogens is 4. The van der Waals surface area contributed by atoms with Gasteiger partial charge in [-0.05, 0) is 54.9 Å². The molecule has 2 aromatic carbocycles. The lowest BCUT2D eigenvalue weighted by atomic mass is 10.2. The van der Waals surface area contributed by atoms with E-state index < -0.39 is 10.0 Å². The third-order valence-corrected chi connectivity index (χ3v) is 7.92. The molecule has 1 fully saturated rings. The molecule has 4 aromatic rings. The second-order valence-electron chi connectivity index (χ2n) is 7.26. The van der Waals surface area contributed by atoms with E-state index in [2.05, 4.69) is 15.3 Å². The Labute approximate surface area is 182 Å². The smallest absolute Gasteiger partial charge is 0.278 e. The average Bonchev–Trinajstić information content (AvgIpc) is 3.21. The van der Waals surface area contributed by atoms with Gasteiger partial charge in [-0.1, -0.05) is 23.8 Å². The van der Waals surface area contributed by atoms with Gasteiger partial charge >= 0.3 is 0 Å². The standard InChI is InChI=1S/C20H19N5O4S2/c26-19-15-6-2-3-7-16(15)22-23-25(19)13-30-20-21-17-12-14(8-9-18(17)29-20)31(27,28)24-10-4-1-5-11-24/h2-3,6-9,12H,1,4-5,10-11,13H2. The first-order valence-electron chi connectivity index (χ1n) is 9.88. The van der Waals surface area contributed by atoms with E-state index in [9.17, 15) is 13.2 Å². The van der Waals surface area contributed by atoms with E-state index in [1.54, 1.807) is 36.4 Å². The zero-order valence-corrected chi connectivity index (χ0v) is 18.1. The molecule has 1 saturated heterocycles. The second kappa shape index (κ2) is 8.06. The number of oxazole rings is 1. The number of hydrogen-bond donors (Lipinski definition) is 0. The Morgan fingerprint density at radius 1 is 1.03 bits per heavy atom. The van der Waals surface area contributed by atoms with Crippen molar-refractivity contribution in [2.75, 3.05) is 13.1 Å². The van der Waals surface area contributed by atoms with Crippen molar-refractivity contribution in [1.29, 1.82) is 0 Å². The zero-order chi connectivity index (χ0) is 21.4. The third-order valence-electron chi connectivity index (χ3n) is 5.23. The molecule has 5 rings (SSSR count). The highest BCUT2D eigenvalue weighted by molar-refractivity contribution is 7.98. The van der Waals surface area contributed by atoms with Gasteiger partial charge in [0.1, 0.15) is 16.9 Å². The predicted octanol–water partition coefficient (Wildman–Crippen LogP) is 2.86. The molecular formula is C20H19N5O4S2. The fourth-order valence-electron chi connectivity index (χ4n) is 3.59. The Kier molecular flexibility index (Phi) is 5.24. The molecule has 0 atom stereocenters. The predicted molar refractivity (Wildman–Crippen MR) is 116 cm³/mol. The van der Waals surface area contributed by atoms with Crippen molar-refractivity contribution in [3.63, 3.8) is 0 Å². The lowest BCUT2D eigenvalue weighted by molar-refractivity contribution is 0.346. The summed E-state index contributed by atoms with van der Waals surface area (Å²) in [6.45, 7) is 1.09. The molecule has 0 aliphatic carbocycles. The molecule has 1 aliphatic rings. The lowest BCUT2D eigenvalue weighted by Crippen LogP contribution is -2.35. The van der Waals surface area contributed by atoms with Crippen LogP contribution in [0.15, 0.2) is 61.8 Å². The van der Waals surface area contributed by atoms with Crippen LogP contribution in [0.1, 0.15) is 19.3 Å². The highest BCUT2D eigenvalue weighted by Crippen LogP contribution is 2.28. The number of piperidine rings is 1. The van der Waals surface area contributed by atoms with Crippen molar-refractivity contribution in [3.8, 4) is 0 Å². The van der Waals surface area contributed by atoms with Crippen molar-refractivity contribution < 1.29 is 12.8 Å². The van der Waals surface area contributed by atoms with Gasteiger partial charge in [0, 0.05) is 13.1 Å². The van der Waals surface area contributed by atoms with Crippen molar-refractivity contribution in [1.82, 2.24) is 24.3 Å². The quantitative estimate of drug-likeness (QED) is 0.421. The fraction of sp³-hybridized carbons (Fsp3) is 0.300. The van der Waals surface area contributed by atoms with Crippen molar-refractivity contribution in [3.05, 3.63) is 52.8 Å². The Bertz CT molecular complexity index is 1420. The molecule has 2 aromatic heterocycles. The summed E-state index contributed by atoms with van der Waals surface area (Å²) in [7, 11) is -3.54. The van der Waals surface area contributed by atoms with Crippen LogP contribution in [0.25, 0.3) is 22.0 Å². The molecule has 3 heterocycles. The van der Waals surface area contributed by atoms with Crippen LogP contribution in [0.2, 0.25) is 0 Å². The van der Waals surface area contributed by atoms with Gasteiger partial charge in [0.05, 0.1) is 10.3 Å². The summed E-state index contributed by atoms with van der Waals surface area (Å²) in [4.78, 5) is 17.2. The van der Waals surface area contributed by atoms with Crippen LogP contribution in [0.3, 0.4) is 0 Å². The first-order valence-corrected chi connectivity index (χ1v) is 12.3. The van der Waals surface area contributed by atoms with E-state index in [0.29, 0.717) is 40.3 Å². The monoisotopic (exact) mass is 457 g/mol. The van der Waals surface area contributed by atoms with Gasteiger partial charge in [-0.3, -0.25) is 4.79 Å². The van der Waals surface area contributed by atoms with Crippen LogP contribution < -0.4 is 5.56 Å². The Morgan fingerprint density at radius 3 is 2.68 bits per heavy atom. The zero-order valence-electron chi connectivity index (χ0n) is 16.5. The van der Waals surface area contributed by atoms with Crippen molar-refractivity contribution in [2.45, 2.75) is 35.3 Å². The molecule has 0 amide bonds. The number of rotatable bonds is 5. The van der Waals surface area contributed by atoms with Gasteiger partial charge in [-0.2, -0.15) is 8.99 Å². The summed E-state index contributed by atoms with van der Waals surface area (Å²) in [5.74, 6) is 0.169. The van der Waals surface area contributed by atoms with E-state index in [1.165, 1.54) is 26.8 Å². The van der Waals surface area contributed by atoms with Crippen LogP contribution in [-0.2, 0) is 15.9 Å². The summed E-state index contributed by atoms with van der Waals surface area (Å²) in [5.41, 5.74) is 1.23. The summed E-state index contributed by atoms with van der Waals surface area (Å²) in [6, 6.07) is 11.7. The highest BCUT2D eigenvalue weighted by atomic mass is 32.2. The Hall–Kier alpha value is -2.76. The molecular weight excluding hydrogens is 438 g/mol. The molecule has 11 heteroatoms. The van der Waals surface area contributed by atoms with Gasteiger partial charge in [0.15, 0.2) is 5.58 Å². The lowest BCUT2D eigenvalue weighted by Gasteiger charge is -2.25. The topological polar surface area (TPSA) is 111 Å². The van der Waals surface area contributed by atoms with Gasteiger partial charge in [-0.15, -0.1) is 5.10 Å². The van der Waals surface area contributed by atoms with Crippen LogP contribution >= 0.6 is 11.8 Å². The van der Waals surface area contributed by atoms with Gasteiger partial charge in [0.25, 0.3) is 10.8 Å². The van der Waals surface area contributed by atoms with E-state index in [0.717, 1.165) is 19.3 Å². The van der Waals surface area contributed by atoms with E-state index >= 15 is 0 Å². The molecule has 0 N–H and O–H groups in total. The van der Waals surface area contributed by atoms with Crippen molar-refractivity contribution in [2.24, 2.45) is 0 Å². The highest BCUT2D eigenvalue weighted by Gasteiger charge is 2.26. The number of hydrogen-bond acceptors (Lipinski definition) is 8. The number of thioether (sulfide) groups is 1. The summed E-state index contributed by atoms with van der Waals surface area (Å²) in [5, 5.41) is 8.82. The molecule has 160 valence electrons. The summed E-state index contributed by atoms with van der Waals surface area (Å²) >= 11 is 1.19. The molecule has 0 bridgehead atoms. The Balaban J connectivity index is 1.38. The minimum absolute atomic E-state index is 0.169. The average molecular weight is 458 g/mol. The summed E-state index contributed by atoms with van der Waals surface area (Å²) in [6.07, 6.45) is 2.81. The van der Waals surface area contributed by atoms with E-state index in [-0.39, 0.29) is 16.3 Å². The van der Waals surface area contributed by atoms with Crippen LogP contribution in [0.5, 0.6) is 0 Å². The molecule has 9 nitrogen and oxygen atoms in total. The third kappa shape index (κ3) is 3.84. The Morgan fingerprint density at radius 2 is 1.84 bits per heavy atom. The maximum absolute atomic E-state index is 12.9. The number of fused-ring (bicyclic) bond motifs is 2. The van der Waals surface area contributed by atoms with Gasteiger partial charge in [-0.25, -0.2) is 13.4 Å². The summed E-state index contributed by atoms with van der Waals surface area (Å²) < 4.78 is 34.3. The minimum Gasteiger partial charge on any atom is -0.431 e. The maximum Gasteiger partial charge on any atom is 0.278 e. The SMILES string of the molecule is O=c1c2ccccc2nnn1CSc1nc2cc(S(=O)(=O)N3CCCCC3)ccc2o1. The number of sulfonamides is 1. The van der Waals surface area contributed by atoms with E-state index in [1.807, 2.05) is 0 Å². The van der Waals surface area contributed by atoms with Crippen molar-refractivity contribution >= 4 is 43.8 Å². The van der Waals surface area contributed by atoms with Gasteiger partial charge < -0.3 is 4.42 Å². The van der Waals surface area contributed by atoms with Crippen LogP contribution in [-0.4, -0.2) is 45.8 Å². The fourth-order valence-corrected chi connectivity index (χ4v) is 5.84. The largest absolute Gasteiger partial charge is 0.431 e. The first-order chi connectivity index (χ1) is 15.0.